The first-order valence-corrected chi connectivity index (χ1v) is 3.51. The van der Waals surface area contributed by atoms with Crippen LogP contribution in [0.25, 0.3) is 0 Å². The molecule has 0 aromatic rings. The minimum Gasteiger partial charge on any atom is -0.240 e. The van der Waals surface area contributed by atoms with E-state index < -0.39 is 0 Å². The lowest BCUT2D eigenvalue weighted by Gasteiger charge is -2.04. The van der Waals surface area contributed by atoms with Crippen LogP contribution in [0.5, 0.6) is 0 Å². The van der Waals surface area contributed by atoms with Gasteiger partial charge in [-0.05, 0) is 13.3 Å². The summed E-state index contributed by atoms with van der Waals surface area (Å²) >= 11 is 0. The van der Waals surface area contributed by atoms with Crippen LogP contribution in [0.4, 0.5) is 0 Å². The third kappa shape index (κ3) is 1.32. The Hall–Kier alpha value is -0.330. The number of nitrogens with zero attached hydrogens (tertiary/aromatic N) is 1. The first-order chi connectivity index (χ1) is 3.93. The molecule has 0 spiro atoms. The second kappa shape index (κ2) is 2.85. The van der Waals surface area contributed by atoms with Crippen LogP contribution in [0.15, 0.2) is 0 Å². The van der Waals surface area contributed by atoms with E-state index in [4.69, 9.17) is 0 Å². The van der Waals surface area contributed by atoms with E-state index >= 15 is 0 Å². The molecule has 1 nitrogen and oxygen atoms in total. The lowest BCUT2D eigenvalue weighted by atomic mass is 10.2. The summed E-state index contributed by atoms with van der Waals surface area (Å²) < 4.78 is 2.39. The maximum atomic E-state index is 2.39. The van der Waals surface area contributed by atoms with Crippen molar-refractivity contribution in [3.05, 3.63) is 0 Å². The van der Waals surface area contributed by atoms with Gasteiger partial charge in [0.05, 0.1) is 0 Å². The van der Waals surface area contributed by atoms with Crippen LogP contribution in [0.1, 0.15) is 26.2 Å². The molecule has 0 aliphatic carbocycles. The molecule has 0 aromatic carbocycles. The molecule has 1 aliphatic rings. The van der Waals surface area contributed by atoms with Gasteiger partial charge in [0.15, 0.2) is 0 Å². The number of hydrogen-bond donors (Lipinski definition) is 0. The van der Waals surface area contributed by atoms with E-state index in [9.17, 15) is 0 Å². The zero-order valence-corrected chi connectivity index (χ0v) is 5.56. The lowest BCUT2D eigenvalue weighted by molar-refractivity contribution is -0.524. The molecule has 1 rings (SSSR count). The molecule has 0 saturated carbocycles. The number of hydrogen-bond acceptors (Lipinski definition) is 0. The van der Waals surface area contributed by atoms with Crippen LogP contribution in [0.2, 0.25) is 0 Å². The molecule has 1 aliphatic heterocycles. The smallest absolute Gasteiger partial charge is 0.142 e. The van der Waals surface area contributed by atoms with Gasteiger partial charge >= 0.3 is 0 Å². The first kappa shape index (κ1) is 5.80. The monoisotopic (exact) mass is 112 g/mol. The molecule has 0 aromatic heterocycles. The fraction of sp³-hybridized carbons (Fsp3) is 0.857. The Morgan fingerprint density at radius 3 is 2.75 bits per heavy atom. The summed E-state index contributed by atoms with van der Waals surface area (Å²) in [7, 11) is 0. The molecule has 0 saturated heterocycles. The SMILES string of the molecule is CC[N+]1=CCCCC1. The van der Waals surface area contributed by atoms with Crippen LogP contribution >= 0.6 is 0 Å². The zero-order chi connectivity index (χ0) is 5.82. The molecule has 1 heteroatoms. The van der Waals surface area contributed by atoms with Crippen molar-refractivity contribution in [1.29, 1.82) is 0 Å². The Labute approximate surface area is 51.0 Å². The minimum absolute atomic E-state index is 1.19. The third-order valence-electron chi connectivity index (χ3n) is 1.69. The highest BCUT2D eigenvalue weighted by Crippen LogP contribution is 1.98. The Bertz CT molecular complexity index is 94.6. The van der Waals surface area contributed by atoms with E-state index in [0.717, 1.165) is 0 Å². The van der Waals surface area contributed by atoms with Gasteiger partial charge in [0.1, 0.15) is 19.3 Å². The van der Waals surface area contributed by atoms with Crippen LogP contribution in [0, 0.1) is 0 Å². The second-order valence-corrected chi connectivity index (χ2v) is 2.31. The van der Waals surface area contributed by atoms with E-state index in [2.05, 4.69) is 17.7 Å². The molecule has 0 N–H and O–H groups in total. The van der Waals surface area contributed by atoms with Gasteiger partial charge in [-0.2, -0.15) is 0 Å². The largest absolute Gasteiger partial charge is 0.240 e. The average Bonchev–Trinajstić information content (AvgIpc) is 1.90. The Morgan fingerprint density at radius 1 is 1.50 bits per heavy atom. The van der Waals surface area contributed by atoms with Gasteiger partial charge in [-0.25, -0.2) is 4.58 Å². The Kier molecular flexibility index (Phi) is 2.07. The van der Waals surface area contributed by atoms with Gasteiger partial charge in [-0.1, -0.05) is 0 Å². The van der Waals surface area contributed by atoms with E-state index in [1.807, 2.05) is 0 Å². The van der Waals surface area contributed by atoms with Crippen LogP contribution in [0.3, 0.4) is 0 Å². The molecule has 0 unspecified atom stereocenters. The van der Waals surface area contributed by atoms with Gasteiger partial charge in [-0.15, -0.1) is 0 Å². The highest BCUT2D eigenvalue weighted by molar-refractivity contribution is 5.51. The average molecular weight is 112 g/mol. The van der Waals surface area contributed by atoms with Crippen molar-refractivity contribution in [2.75, 3.05) is 13.1 Å². The van der Waals surface area contributed by atoms with Crippen LogP contribution in [-0.2, 0) is 0 Å². The van der Waals surface area contributed by atoms with Crippen molar-refractivity contribution in [2.45, 2.75) is 26.2 Å². The van der Waals surface area contributed by atoms with E-state index in [0.29, 0.717) is 0 Å². The molecule has 0 bridgehead atoms. The lowest BCUT2D eigenvalue weighted by Crippen LogP contribution is -2.17. The summed E-state index contributed by atoms with van der Waals surface area (Å²) in [4.78, 5) is 0. The third-order valence-corrected chi connectivity index (χ3v) is 1.69. The standard InChI is InChI=1S/C7H14N/c1-2-8-6-4-3-5-7-8/h6H,2-5,7H2,1H3/q+1. The summed E-state index contributed by atoms with van der Waals surface area (Å²) in [6, 6.07) is 0. The first-order valence-electron chi connectivity index (χ1n) is 3.51. The summed E-state index contributed by atoms with van der Waals surface area (Å²) in [5.41, 5.74) is 0. The fourth-order valence-corrected chi connectivity index (χ4v) is 1.11. The van der Waals surface area contributed by atoms with E-state index in [1.165, 1.54) is 32.4 Å². The normalized spacial score (nSPS) is 20.4. The van der Waals surface area contributed by atoms with Gasteiger partial charge in [0.25, 0.3) is 0 Å². The van der Waals surface area contributed by atoms with Gasteiger partial charge in [-0.3, -0.25) is 0 Å². The number of rotatable bonds is 1. The molecule has 0 fully saturated rings. The van der Waals surface area contributed by atoms with Crippen molar-refractivity contribution in [2.24, 2.45) is 0 Å². The molecule has 1 heterocycles. The topological polar surface area (TPSA) is 3.01 Å². The minimum atomic E-state index is 1.19. The van der Waals surface area contributed by atoms with Gasteiger partial charge < -0.3 is 0 Å². The predicted octanol–water partition coefficient (Wildman–Crippen LogP) is 1.27. The van der Waals surface area contributed by atoms with Crippen LogP contribution < -0.4 is 0 Å². The molecule has 0 atom stereocenters. The summed E-state index contributed by atoms with van der Waals surface area (Å²) in [5, 5.41) is 0. The zero-order valence-electron chi connectivity index (χ0n) is 5.56. The maximum absolute atomic E-state index is 2.39. The molecule has 8 heavy (non-hydrogen) atoms. The van der Waals surface area contributed by atoms with Crippen molar-refractivity contribution in [3.8, 4) is 0 Å². The summed E-state index contributed by atoms with van der Waals surface area (Å²) in [6.07, 6.45) is 6.41. The Balaban J connectivity index is 2.37. The molecule has 46 valence electrons. The van der Waals surface area contributed by atoms with Crippen molar-refractivity contribution in [3.63, 3.8) is 0 Å². The van der Waals surface area contributed by atoms with E-state index in [-0.39, 0.29) is 0 Å². The van der Waals surface area contributed by atoms with E-state index in [1.54, 1.807) is 0 Å². The van der Waals surface area contributed by atoms with Gasteiger partial charge in [0.2, 0.25) is 0 Å². The highest BCUT2D eigenvalue weighted by Gasteiger charge is 2.04. The molecule has 0 amide bonds. The van der Waals surface area contributed by atoms with Crippen molar-refractivity contribution in [1.82, 2.24) is 0 Å². The van der Waals surface area contributed by atoms with Crippen molar-refractivity contribution < 1.29 is 4.58 Å². The second-order valence-electron chi connectivity index (χ2n) is 2.31. The summed E-state index contributed by atoms with van der Waals surface area (Å²) in [6.45, 7) is 4.69. The quantitative estimate of drug-likeness (QED) is 0.449. The highest BCUT2D eigenvalue weighted by atomic mass is 15.0. The van der Waals surface area contributed by atoms with Crippen molar-refractivity contribution >= 4 is 6.21 Å². The Morgan fingerprint density at radius 2 is 2.38 bits per heavy atom. The maximum Gasteiger partial charge on any atom is 0.142 e. The summed E-state index contributed by atoms with van der Waals surface area (Å²) in [5.74, 6) is 0. The fourth-order valence-electron chi connectivity index (χ4n) is 1.11. The molecule has 0 radical (unpaired) electrons. The molecular weight excluding hydrogens is 98.1 g/mol. The van der Waals surface area contributed by atoms with Gasteiger partial charge in [0, 0.05) is 12.8 Å². The predicted molar refractivity (Wildman–Crippen MR) is 35.6 cm³/mol. The van der Waals surface area contributed by atoms with Crippen LogP contribution in [-0.4, -0.2) is 23.9 Å². The molecular formula is C7H14N+.